The van der Waals surface area contributed by atoms with Gasteiger partial charge in [0, 0.05) is 47.8 Å². The SMILES string of the molecule is Cc1ccc(-c2ncc3c(ccn3C(F)F)n2)cc1NC(=O)c1cnn2ccc(N3CC4(C3)CC(O)(C(F)F)C4)cc12. The van der Waals surface area contributed by atoms with Crippen LogP contribution in [0.4, 0.5) is 28.9 Å². The number of halogens is 4. The lowest BCUT2D eigenvalue weighted by Crippen LogP contribution is -2.70. The van der Waals surface area contributed by atoms with Crippen molar-refractivity contribution in [3.05, 3.63) is 72.3 Å². The molecule has 0 unspecified atom stereocenters. The first-order valence-corrected chi connectivity index (χ1v) is 13.3. The Balaban J connectivity index is 1.10. The predicted molar refractivity (Wildman–Crippen MR) is 147 cm³/mol. The zero-order chi connectivity index (χ0) is 29.4. The van der Waals surface area contributed by atoms with E-state index in [2.05, 4.69) is 20.4 Å². The molecule has 4 aromatic heterocycles. The van der Waals surface area contributed by atoms with E-state index in [1.54, 1.807) is 22.8 Å². The summed E-state index contributed by atoms with van der Waals surface area (Å²) in [6.07, 6.45) is 3.24. The van der Waals surface area contributed by atoms with Crippen LogP contribution in [0.25, 0.3) is 27.9 Å². The minimum atomic E-state index is -2.75. The number of carbonyl (C=O) groups is 1. The highest BCUT2D eigenvalue weighted by Gasteiger charge is 2.63. The number of hydrogen-bond donors (Lipinski definition) is 2. The van der Waals surface area contributed by atoms with Gasteiger partial charge in [-0.3, -0.25) is 9.36 Å². The lowest BCUT2D eigenvalue weighted by atomic mass is 9.55. The number of benzene rings is 1. The van der Waals surface area contributed by atoms with Crippen molar-refractivity contribution in [3.63, 3.8) is 0 Å². The van der Waals surface area contributed by atoms with Gasteiger partial charge in [-0.1, -0.05) is 12.1 Å². The maximum Gasteiger partial charge on any atom is 0.319 e. The fourth-order valence-electron chi connectivity index (χ4n) is 6.25. The highest BCUT2D eigenvalue weighted by atomic mass is 19.3. The average Bonchev–Trinajstić information content (AvgIpc) is 3.54. The number of carbonyl (C=O) groups excluding carboxylic acids is 1. The highest BCUT2D eigenvalue weighted by molar-refractivity contribution is 6.09. The number of aryl methyl sites for hydroxylation is 1. The molecular weight excluding hydrogens is 554 g/mol. The summed E-state index contributed by atoms with van der Waals surface area (Å²) in [5.41, 5.74) is 2.10. The number of anilines is 2. The Morgan fingerprint density at radius 1 is 1.02 bits per heavy atom. The van der Waals surface area contributed by atoms with Crippen LogP contribution in [0.3, 0.4) is 0 Å². The fourth-order valence-corrected chi connectivity index (χ4v) is 6.25. The molecule has 1 amide bonds. The van der Waals surface area contributed by atoms with Crippen molar-refractivity contribution in [1.82, 2.24) is 24.1 Å². The molecule has 0 atom stereocenters. The average molecular weight is 580 g/mol. The zero-order valence-corrected chi connectivity index (χ0v) is 22.3. The van der Waals surface area contributed by atoms with Gasteiger partial charge in [-0.15, -0.1) is 0 Å². The Labute approximate surface area is 236 Å². The molecule has 1 saturated heterocycles. The van der Waals surface area contributed by atoms with Crippen LogP contribution in [0.5, 0.6) is 0 Å². The lowest BCUT2D eigenvalue weighted by Gasteiger charge is -2.62. The molecule has 1 aliphatic heterocycles. The van der Waals surface area contributed by atoms with Crippen LogP contribution < -0.4 is 10.2 Å². The number of fused-ring (bicyclic) bond motifs is 2. The number of hydrogen-bond acceptors (Lipinski definition) is 6. The Morgan fingerprint density at radius 3 is 2.55 bits per heavy atom. The molecule has 2 fully saturated rings. The van der Waals surface area contributed by atoms with Gasteiger partial charge in [0.1, 0.15) is 5.60 Å². The first kappa shape index (κ1) is 26.4. The van der Waals surface area contributed by atoms with Crippen molar-refractivity contribution in [1.29, 1.82) is 0 Å². The number of amides is 1. The predicted octanol–water partition coefficient (Wildman–Crippen LogP) is 5.30. The minimum absolute atomic E-state index is 0.0799. The van der Waals surface area contributed by atoms with Crippen LogP contribution in [-0.4, -0.2) is 60.3 Å². The van der Waals surface area contributed by atoms with Gasteiger partial charge in [0.05, 0.1) is 34.5 Å². The fraction of sp³-hybridized carbons (Fsp3) is 0.310. The number of nitrogens with zero attached hydrogens (tertiary/aromatic N) is 6. The number of alkyl halides is 4. The van der Waals surface area contributed by atoms with Crippen LogP contribution >= 0.6 is 0 Å². The van der Waals surface area contributed by atoms with Gasteiger partial charge in [-0.25, -0.2) is 23.3 Å². The van der Waals surface area contributed by atoms with Crippen molar-refractivity contribution in [3.8, 4) is 11.4 Å². The summed E-state index contributed by atoms with van der Waals surface area (Å²) in [5, 5.41) is 17.2. The molecule has 2 N–H and O–H groups in total. The Hall–Kier alpha value is -4.52. The van der Waals surface area contributed by atoms with E-state index in [-0.39, 0.29) is 29.7 Å². The topological polar surface area (TPSA) is 101 Å². The van der Waals surface area contributed by atoms with Crippen molar-refractivity contribution < 1.29 is 27.5 Å². The highest BCUT2D eigenvalue weighted by Crippen LogP contribution is 2.56. The van der Waals surface area contributed by atoms with E-state index >= 15 is 0 Å². The summed E-state index contributed by atoms with van der Waals surface area (Å²) in [4.78, 5) is 24.1. The van der Waals surface area contributed by atoms with E-state index in [1.807, 2.05) is 30.0 Å². The summed E-state index contributed by atoms with van der Waals surface area (Å²) in [6.45, 7) is 0.255. The lowest BCUT2D eigenvalue weighted by molar-refractivity contribution is -0.209. The van der Waals surface area contributed by atoms with Crippen molar-refractivity contribution in [2.75, 3.05) is 23.3 Å². The molecule has 7 rings (SSSR count). The molecule has 1 saturated carbocycles. The van der Waals surface area contributed by atoms with Gasteiger partial charge in [0.15, 0.2) is 5.82 Å². The summed E-state index contributed by atoms with van der Waals surface area (Å²) in [6, 6.07) is 10.5. The molecule has 1 aromatic carbocycles. The van der Waals surface area contributed by atoms with Gasteiger partial charge in [-0.05, 0) is 49.6 Å². The number of pyridine rings is 1. The Bertz CT molecular complexity index is 1850. The van der Waals surface area contributed by atoms with Gasteiger partial charge in [0.25, 0.3) is 12.3 Å². The van der Waals surface area contributed by atoms with Crippen molar-refractivity contribution >= 4 is 33.8 Å². The molecular formula is C29H25F4N7O2. The molecule has 0 bridgehead atoms. The van der Waals surface area contributed by atoms with Gasteiger partial charge >= 0.3 is 6.55 Å². The second kappa shape index (κ2) is 9.24. The monoisotopic (exact) mass is 579 g/mol. The maximum atomic E-state index is 13.4. The molecule has 42 heavy (non-hydrogen) atoms. The smallest absolute Gasteiger partial charge is 0.319 e. The van der Waals surface area contributed by atoms with Crippen LogP contribution in [0.15, 0.2) is 61.2 Å². The number of nitrogens with one attached hydrogen (secondary N) is 1. The summed E-state index contributed by atoms with van der Waals surface area (Å²) in [5.74, 6) is -0.0507. The van der Waals surface area contributed by atoms with E-state index in [0.717, 1.165) is 15.8 Å². The third-order valence-corrected chi connectivity index (χ3v) is 8.36. The van der Waals surface area contributed by atoms with E-state index < -0.39 is 18.6 Å². The van der Waals surface area contributed by atoms with Crippen LogP contribution in [-0.2, 0) is 0 Å². The molecule has 0 radical (unpaired) electrons. The Kier molecular flexibility index (Phi) is 5.81. The first-order chi connectivity index (χ1) is 20.0. The molecule has 216 valence electrons. The van der Waals surface area contributed by atoms with Crippen LogP contribution in [0, 0.1) is 12.3 Å². The van der Waals surface area contributed by atoms with Gasteiger partial charge < -0.3 is 15.3 Å². The largest absolute Gasteiger partial charge is 0.384 e. The zero-order valence-electron chi connectivity index (χ0n) is 22.3. The Morgan fingerprint density at radius 2 is 1.81 bits per heavy atom. The molecule has 2 aliphatic rings. The number of rotatable bonds is 6. The minimum Gasteiger partial charge on any atom is -0.384 e. The molecule has 5 aromatic rings. The van der Waals surface area contributed by atoms with E-state index in [4.69, 9.17) is 0 Å². The van der Waals surface area contributed by atoms with E-state index in [9.17, 15) is 27.5 Å². The third kappa shape index (κ3) is 4.18. The number of aromatic nitrogens is 5. The van der Waals surface area contributed by atoms with E-state index in [0.29, 0.717) is 46.8 Å². The molecule has 1 aliphatic carbocycles. The van der Waals surface area contributed by atoms with Gasteiger partial charge in [-0.2, -0.15) is 13.9 Å². The molecule has 13 heteroatoms. The van der Waals surface area contributed by atoms with Crippen molar-refractivity contribution in [2.24, 2.45) is 5.41 Å². The van der Waals surface area contributed by atoms with E-state index in [1.165, 1.54) is 24.7 Å². The third-order valence-electron chi connectivity index (χ3n) is 8.36. The van der Waals surface area contributed by atoms with Gasteiger partial charge in [0.2, 0.25) is 0 Å². The molecule has 1 spiro atoms. The first-order valence-electron chi connectivity index (χ1n) is 13.3. The second-order valence-corrected chi connectivity index (χ2v) is 11.3. The maximum absolute atomic E-state index is 13.4. The summed E-state index contributed by atoms with van der Waals surface area (Å²) in [7, 11) is 0. The second-order valence-electron chi connectivity index (χ2n) is 11.3. The number of aliphatic hydroxyl groups is 1. The van der Waals surface area contributed by atoms with Crippen molar-refractivity contribution in [2.45, 2.75) is 38.3 Å². The standard InChI is InChI=1S/C29H25F4N7O2/c1-16-2-3-17(24-34-11-23-20(36-24)5-6-39(23)27(32)33)8-21(16)37-25(41)19-10-35-40-7-4-18(9-22(19)40)38-14-28(15-38)12-29(42,13-28)26(30)31/h2-11,26-27,42H,12-15H2,1H3,(H,37,41). The summed E-state index contributed by atoms with van der Waals surface area (Å²) >= 11 is 0. The molecule has 9 nitrogen and oxygen atoms in total. The summed E-state index contributed by atoms with van der Waals surface area (Å²) < 4.78 is 54.9. The van der Waals surface area contributed by atoms with Crippen LogP contribution in [0.1, 0.15) is 35.3 Å². The normalized spacial score (nSPS) is 17.3. The quantitative estimate of drug-likeness (QED) is 0.265. The molecule has 5 heterocycles. The van der Waals surface area contributed by atoms with Crippen LogP contribution in [0.2, 0.25) is 0 Å².